The third-order valence-corrected chi connectivity index (χ3v) is 1.82. The zero-order chi connectivity index (χ0) is 18.0. The fraction of sp³-hybridized carbons (Fsp3) is 1.00. The monoisotopic (exact) mass is 300 g/mol. The lowest BCUT2D eigenvalue weighted by molar-refractivity contribution is 0.0450. The van der Waals surface area contributed by atoms with E-state index in [9.17, 15) is 0 Å². The molecule has 4 heteroatoms. The van der Waals surface area contributed by atoms with Gasteiger partial charge in [-0.3, -0.25) is 0 Å². The molecule has 0 aliphatic rings. The van der Waals surface area contributed by atoms with Crippen LogP contribution in [0, 0.1) is 5.92 Å². The molecular weight excluding hydrogens is 256 g/mol. The second-order valence-electron chi connectivity index (χ2n) is 2.94. The van der Waals surface area contributed by atoms with Crippen molar-refractivity contribution in [1.29, 1.82) is 0 Å². The first kappa shape index (κ1) is 36.8. The molecule has 0 aliphatic carbocycles. The lowest BCUT2D eigenvalue weighted by Crippen LogP contribution is -2.15. The first-order valence-corrected chi connectivity index (χ1v) is 7.96. The summed E-state index contributed by atoms with van der Waals surface area (Å²) in [7, 11) is 1.00. The van der Waals surface area contributed by atoms with Crippen molar-refractivity contribution in [3.8, 4) is 0 Å². The Morgan fingerprint density at radius 1 is 0.700 bits per heavy atom. The van der Waals surface area contributed by atoms with Crippen LogP contribution < -0.4 is 0 Å². The molecule has 0 spiro atoms. The Balaban J connectivity index is -0.0000000328. The van der Waals surface area contributed by atoms with Crippen molar-refractivity contribution in [2.75, 3.05) is 20.3 Å². The number of hydrogen-bond acceptors (Lipinski definition) is 4. The van der Waals surface area contributed by atoms with E-state index in [2.05, 4.69) is 20.8 Å². The predicted octanol–water partition coefficient (Wildman–Crippen LogP) is 3.46. The van der Waals surface area contributed by atoms with E-state index in [1.807, 2.05) is 41.5 Å². The molecule has 0 radical (unpaired) electrons. The molecular formula is C16H44O4. The highest BCUT2D eigenvalue weighted by atomic mass is 16.3. The summed E-state index contributed by atoms with van der Waals surface area (Å²) < 4.78 is 0. The van der Waals surface area contributed by atoms with Gasteiger partial charge in [-0.25, -0.2) is 0 Å². The average Bonchev–Trinajstić information content (AvgIpc) is 2.60. The summed E-state index contributed by atoms with van der Waals surface area (Å²) in [5, 5.41) is 31.0. The highest BCUT2D eigenvalue weighted by Gasteiger charge is 1.93. The third-order valence-electron chi connectivity index (χ3n) is 1.82. The van der Waals surface area contributed by atoms with Crippen molar-refractivity contribution in [2.45, 2.75) is 81.3 Å². The molecule has 4 nitrogen and oxygen atoms in total. The maximum absolute atomic E-state index is 8.17. The van der Waals surface area contributed by atoms with Gasteiger partial charge in [-0.2, -0.15) is 0 Å². The molecule has 0 aromatic heterocycles. The van der Waals surface area contributed by atoms with Crippen LogP contribution in [-0.4, -0.2) is 46.9 Å². The fourth-order valence-electron chi connectivity index (χ4n) is 0.346. The topological polar surface area (TPSA) is 80.9 Å². The summed E-state index contributed by atoms with van der Waals surface area (Å²) in [6.07, 6.45) is 1.71. The molecule has 0 aromatic carbocycles. The smallest absolute Gasteiger partial charge is 0.100 e. The van der Waals surface area contributed by atoms with Gasteiger partial charge in [0.1, 0.15) is 6.10 Å². The summed E-state index contributed by atoms with van der Waals surface area (Å²) in [5.74, 6) is 0.935. The van der Waals surface area contributed by atoms with Gasteiger partial charge >= 0.3 is 0 Å². The van der Waals surface area contributed by atoms with Gasteiger partial charge in [0.25, 0.3) is 0 Å². The average molecular weight is 301 g/mol. The standard InChI is InChI=1S/C6H14.C3H8O3.3C2H6.CH4O/c1-4-6(3)5-2;4-1-3(6)2-5;4*1-2/h6H,4-5H2,1-3H3;3-6H,1-2H2;3*1-2H3;2H,1H3. The molecule has 0 saturated carbocycles. The van der Waals surface area contributed by atoms with E-state index in [-0.39, 0.29) is 13.2 Å². The van der Waals surface area contributed by atoms with E-state index in [4.69, 9.17) is 20.4 Å². The molecule has 0 bridgehead atoms. The van der Waals surface area contributed by atoms with Gasteiger partial charge < -0.3 is 20.4 Å². The highest BCUT2D eigenvalue weighted by molar-refractivity contribution is 4.44. The van der Waals surface area contributed by atoms with Crippen LogP contribution in [0.25, 0.3) is 0 Å². The third kappa shape index (κ3) is 82.3. The first-order chi connectivity index (χ1) is 9.62. The van der Waals surface area contributed by atoms with Crippen LogP contribution >= 0.6 is 0 Å². The summed E-state index contributed by atoms with van der Waals surface area (Å²) >= 11 is 0. The van der Waals surface area contributed by atoms with E-state index in [0.717, 1.165) is 13.0 Å². The van der Waals surface area contributed by atoms with Crippen LogP contribution in [0.15, 0.2) is 0 Å². The van der Waals surface area contributed by atoms with Crippen molar-refractivity contribution in [2.24, 2.45) is 5.92 Å². The van der Waals surface area contributed by atoms with Crippen LogP contribution in [0.5, 0.6) is 0 Å². The Morgan fingerprint density at radius 3 is 0.900 bits per heavy atom. The molecule has 0 saturated heterocycles. The zero-order valence-corrected chi connectivity index (χ0v) is 15.8. The van der Waals surface area contributed by atoms with Gasteiger partial charge in [0, 0.05) is 7.11 Å². The number of hydrogen-bond donors (Lipinski definition) is 4. The van der Waals surface area contributed by atoms with Crippen LogP contribution in [0.2, 0.25) is 0 Å². The minimum Gasteiger partial charge on any atom is -0.400 e. The molecule has 0 rings (SSSR count). The van der Waals surface area contributed by atoms with E-state index in [0.29, 0.717) is 0 Å². The van der Waals surface area contributed by atoms with Gasteiger partial charge in [0.2, 0.25) is 0 Å². The molecule has 0 atom stereocenters. The van der Waals surface area contributed by atoms with Crippen molar-refractivity contribution in [3.05, 3.63) is 0 Å². The van der Waals surface area contributed by atoms with Crippen molar-refractivity contribution < 1.29 is 20.4 Å². The van der Waals surface area contributed by atoms with Gasteiger partial charge in [0.05, 0.1) is 13.2 Å². The molecule has 0 aromatic rings. The summed E-state index contributed by atoms with van der Waals surface area (Å²) in [6.45, 7) is 18.0. The Bertz CT molecular complexity index is 62.9. The minimum absolute atomic E-state index is 0.365. The van der Waals surface area contributed by atoms with E-state index in [1.165, 1.54) is 12.8 Å². The van der Waals surface area contributed by atoms with Crippen LogP contribution in [0.1, 0.15) is 75.2 Å². The zero-order valence-electron chi connectivity index (χ0n) is 15.8. The Hall–Kier alpha value is -0.160. The van der Waals surface area contributed by atoms with E-state index >= 15 is 0 Å². The highest BCUT2D eigenvalue weighted by Crippen LogP contribution is 2.02. The second kappa shape index (κ2) is 61.9. The molecule has 0 amide bonds. The molecule has 0 aliphatic heterocycles. The largest absolute Gasteiger partial charge is 0.400 e. The molecule has 132 valence electrons. The van der Waals surface area contributed by atoms with Crippen LogP contribution in [0.3, 0.4) is 0 Å². The van der Waals surface area contributed by atoms with Gasteiger partial charge in [0.15, 0.2) is 0 Å². The van der Waals surface area contributed by atoms with Crippen molar-refractivity contribution in [3.63, 3.8) is 0 Å². The molecule has 0 fully saturated rings. The Morgan fingerprint density at radius 2 is 0.900 bits per heavy atom. The van der Waals surface area contributed by atoms with Crippen molar-refractivity contribution >= 4 is 0 Å². The first-order valence-electron chi connectivity index (χ1n) is 7.96. The summed E-state index contributed by atoms with van der Waals surface area (Å²) in [5.41, 5.74) is 0. The number of rotatable bonds is 4. The fourth-order valence-corrected chi connectivity index (χ4v) is 0.346. The number of aliphatic hydroxyl groups is 4. The SMILES string of the molecule is CC.CC.CC.CCC(C)CC.CO.OCC(O)CO. The second-order valence-corrected chi connectivity index (χ2v) is 2.94. The molecule has 4 N–H and O–H groups in total. The summed E-state index contributed by atoms with van der Waals surface area (Å²) in [4.78, 5) is 0. The lowest BCUT2D eigenvalue weighted by atomic mass is 10.1. The predicted molar refractivity (Wildman–Crippen MR) is 92.1 cm³/mol. The van der Waals surface area contributed by atoms with E-state index in [1.54, 1.807) is 0 Å². The molecule has 20 heavy (non-hydrogen) atoms. The van der Waals surface area contributed by atoms with Gasteiger partial charge in [-0.05, 0) is 5.92 Å². The quantitative estimate of drug-likeness (QED) is 0.641. The summed E-state index contributed by atoms with van der Waals surface area (Å²) in [6, 6.07) is 0. The molecule has 0 heterocycles. The van der Waals surface area contributed by atoms with Gasteiger partial charge in [-0.1, -0.05) is 75.2 Å². The van der Waals surface area contributed by atoms with Gasteiger partial charge in [-0.15, -0.1) is 0 Å². The normalized spacial score (nSPS) is 7.20. The van der Waals surface area contributed by atoms with Crippen LogP contribution in [0.4, 0.5) is 0 Å². The van der Waals surface area contributed by atoms with Crippen molar-refractivity contribution in [1.82, 2.24) is 0 Å². The Labute approximate surface area is 128 Å². The lowest BCUT2D eigenvalue weighted by Gasteiger charge is -1.98. The Kier molecular flexibility index (Phi) is 114. The molecule has 0 unspecified atom stereocenters. The number of aliphatic hydroxyl groups excluding tert-OH is 4. The van der Waals surface area contributed by atoms with E-state index < -0.39 is 6.10 Å². The van der Waals surface area contributed by atoms with Crippen LogP contribution in [-0.2, 0) is 0 Å². The maximum atomic E-state index is 8.17. The minimum atomic E-state index is -0.954. The maximum Gasteiger partial charge on any atom is 0.100 e.